The molecule has 0 aromatic heterocycles. The van der Waals surface area contributed by atoms with E-state index in [-0.39, 0.29) is 5.92 Å². The maximum absolute atomic E-state index is 14.8. The standard InChI is InChI=1S/C15H23FN2O/c1-5-15(14(17)19,10-11(2)3)18(16)13-8-6-7-12(4)9-13/h6-9,11H,5,10H2,1-4H3,(H2,17,19)/t15-/m0/s1. The third-order valence-electron chi connectivity index (χ3n) is 3.39. The average Bonchev–Trinajstić information content (AvgIpc) is 2.34. The van der Waals surface area contributed by atoms with E-state index in [1.807, 2.05) is 26.8 Å². The predicted molar refractivity (Wildman–Crippen MR) is 76.4 cm³/mol. The van der Waals surface area contributed by atoms with Crippen LogP contribution in [0.2, 0.25) is 0 Å². The second-order valence-electron chi connectivity index (χ2n) is 5.47. The molecule has 0 aliphatic heterocycles. The Bertz CT molecular complexity index is 448. The first-order valence-electron chi connectivity index (χ1n) is 6.66. The number of rotatable bonds is 6. The summed E-state index contributed by atoms with van der Waals surface area (Å²) in [5.41, 5.74) is 5.53. The predicted octanol–water partition coefficient (Wildman–Crippen LogP) is 3.37. The fourth-order valence-corrected chi connectivity index (χ4v) is 2.41. The largest absolute Gasteiger partial charge is 0.368 e. The molecule has 1 aromatic rings. The molecule has 0 heterocycles. The SMILES string of the molecule is CC[C@](CC(C)C)(C(N)=O)N(F)c1cccc(C)c1. The molecule has 19 heavy (non-hydrogen) atoms. The fraction of sp³-hybridized carbons (Fsp3) is 0.533. The first-order valence-corrected chi connectivity index (χ1v) is 6.66. The van der Waals surface area contributed by atoms with Crippen LogP contribution in [-0.2, 0) is 4.79 Å². The summed E-state index contributed by atoms with van der Waals surface area (Å²) in [6.07, 6.45) is 0.730. The van der Waals surface area contributed by atoms with Crippen LogP contribution in [0.25, 0.3) is 0 Å². The second kappa shape index (κ2) is 6.04. The highest BCUT2D eigenvalue weighted by Gasteiger charge is 2.42. The van der Waals surface area contributed by atoms with Gasteiger partial charge in [-0.2, -0.15) is 5.12 Å². The molecule has 0 saturated heterocycles. The number of nitrogens with two attached hydrogens (primary N) is 1. The molecule has 0 saturated carbocycles. The van der Waals surface area contributed by atoms with Crippen molar-refractivity contribution in [2.24, 2.45) is 11.7 Å². The van der Waals surface area contributed by atoms with E-state index in [1.54, 1.807) is 25.1 Å². The fourth-order valence-electron chi connectivity index (χ4n) is 2.41. The van der Waals surface area contributed by atoms with Crippen molar-refractivity contribution in [3.63, 3.8) is 0 Å². The van der Waals surface area contributed by atoms with Crippen LogP contribution in [0.15, 0.2) is 24.3 Å². The normalized spacial score (nSPS) is 14.2. The van der Waals surface area contributed by atoms with E-state index >= 15 is 0 Å². The van der Waals surface area contributed by atoms with E-state index in [9.17, 15) is 9.28 Å². The highest BCUT2D eigenvalue weighted by atomic mass is 19.2. The molecule has 106 valence electrons. The Morgan fingerprint density at radius 2 is 2.11 bits per heavy atom. The smallest absolute Gasteiger partial charge is 0.246 e. The molecule has 0 spiro atoms. The molecule has 0 unspecified atom stereocenters. The molecule has 2 N–H and O–H groups in total. The van der Waals surface area contributed by atoms with Crippen molar-refractivity contribution >= 4 is 11.6 Å². The van der Waals surface area contributed by atoms with Crippen molar-refractivity contribution in [2.75, 3.05) is 5.12 Å². The minimum atomic E-state index is -1.28. The van der Waals surface area contributed by atoms with Gasteiger partial charge in [-0.25, -0.2) is 0 Å². The highest BCUT2D eigenvalue weighted by Crippen LogP contribution is 2.33. The number of aryl methyl sites for hydroxylation is 1. The topological polar surface area (TPSA) is 46.3 Å². The molecule has 4 heteroatoms. The van der Waals surface area contributed by atoms with Gasteiger partial charge in [0, 0.05) is 0 Å². The maximum atomic E-state index is 14.8. The molecular formula is C15H23FN2O. The molecule has 0 bridgehead atoms. The Hall–Kier alpha value is -1.58. The molecule has 0 fully saturated rings. The molecule has 0 radical (unpaired) electrons. The van der Waals surface area contributed by atoms with E-state index in [2.05, 4.69) is 0 Å². The molecule has 1 aromatic carbocycles. The van der Waals surface area contributed by atoms with Crippen LogP contribution in [0, 0.1) is 12.8 Å². The Kier molecular flexibility index (Phi) is 4.92. The zero-order chi connectivity index (χ0) is 14.6. The van der Waals surface area contributed by atoms with Crippen molar-refractivity contribution < 1.29 is 9.28 Å². The number of nitrogens with zero attached hydrogens (tertiary/aromatic N) is 1. The van der Waals surface area contributed by atoms with Gasteiger partial charge in [0.05, 0.1) is 5.69 Å². The summed E-state index contributed by atoms with van der Waals surface area (Å²) >= 11 is 0. The Morgan fingerprint density at radius 3 is 2.53 bits per heavy atom. The van der Waals surface area contributed by atoms with Crippen LogP contribution < -0.4 is 10.9 Å². The van der Waals surface area contributed by atoms with E-state index < -0.39 is 11.4 Å². The number of anilines is 1. The van der Waals surface area contributed by atoms with Crippen molar-refractivity contribution in [3.05, 3.63) is 29.8 Å². The van der Waals surface area contributed by atoms with E-state index in [0.29, 0.717) is 23.7 Å². The summed E-state index contributed by atoms with van der Waals surface area (Å²) in [5.74, 6) is -0.441. The van der Waals surface area contributed by atoms with E-state index in [1.165, 1.54) is 0 Å². The molecule has 1 amide bonds. The molecule has 1 atom stereocenters. The van der Waals surface area contributed by atoms with Gasteiger partial charge < -0.3 is 5.73 Å². The van der Waals surface area contributed by atoms with Gasteiger partial charge in [0.25, 0.3) is 0 Å². The molecule has 3 nitrogen and oxygen atoms in total. The van der Waals surface area contributed by atoms with Gasteiger partial charge in [-0.1, -0.05) is 37.4 Å². The van der Waals surface area contributed by atoms with Crippen LogP contribution in [0.3, 0.4) is 0 Å². The Morgan fingerprint density at radius 1 is 1.47 bits per heavy atom. The number of benzene rings is 1. The van der Waals surface area contributed by atoms with Crippen LogP contribution in [-0.4, -0.2) is 11.4 Å². The Labute approximate surface area is 114 Å². The van der Waals surface area contributed by atoms with Crippen molar-refractivity contribution in [3.8, 4) is 0 Å². The van der Waals surface area contributed by atoms with Crippen LogP contribution in [0.1, 0.15) is 39.2 Å². The number of primary amides is 1. The number of halogens is 1. The molecule has 1 rings (SSSR count). The lowest BCUT2D eigenvalue weighted by Gasteiger charge is -2.37. The lowest BCUT2D eigenvalue weighted by Crippen LogP contribution is -2.55. The number of hydrogen-bond donors (Lipinski definition) is 1. The van der Waals surface area contributed by atoms with Crippen molar-refractivity contribution in [1.29, 1.82) is 0 Å². The number of carbonyl (C=O) groups is 1. The first-order chi connectivity index (χ1) is 8.83. The van der Waals surface area contributed by atoms with Gasteiger partial charge in [-0.3, -0.25) is 4.79 Å². The molecule has 0 aliphatic carbocycles. The molecule has 0 aliphatic rings. The summed E-state index contributed by atoms with van der Waals surface area (Å²) in [7, 11) is 0. The maximum Gasteiger partial charge on any atom is 0.246 e. The van der Waals surface area contributed by atoms with Gasteiger partial charge in [0.15, 0.2) is 0 Å². The molecular weight excluding hydrogens is 243 g/mol. The highest BCUT2D eigenvalue weighted by molar-refractivity contribution is 5.88. The third kappa shape index (κ3) is 3.25. The minimum absolute atomic E-state index is 0.176. The van der Waals surface area contributed by atoms with Crippen molar-refractivity contribution in [2.45, 2.75) is 46.1 Å². The lowest BCUT2D eigenvalue weighted by atomic mass is 9.85. The third-order valence-corrected chi connectivity index (χ3v) is 3.39. The number of carbonyl (C=O) groups excluding carboxylic acids is 1. The van der Waals surface area contributed by atoms with Crippen LogP contribution in [0.4, 0.5) is 10.2 Å². The number of amides is 1. The minimum Gasteiger partial charge on any atom is -0.368 e. The summed E-state index contributed by atoms with van der Waals surface area (Å²) in [6.45, 7) is 7.59. The quantitative estimate of drug-likeness (QED) is 0.802. The van der Waals surface area contributed by atoms with Gasteiger partial charge >= 0.3 is 0 Å². The zero-order valence-corrected chi connectivity index (χ0v) is 12.1. The van der Waals surface area contributed by atoms with Gasteiger partial charge in [-0.15, -0.1) is 0 Å². The summed E-state index contributed by atoms with van der Waals surface area (Å²) in [5, 5.41) is 0.544. The summed E-state index contributed by atoms with van der Waals surface area (Å²) in [4.78, 5) is 11.8. The van der Waals surface area contributed by atoms with Gasteiger partial charge in [0.2, 0.25) is 5.91 Å². The monoisotopic (exact) mass is 266 g/mol. The van der Waals surface area contributed by atoms with Crippen LogP contribution in [0.5, 0.6) is 0 Å². The lowest BCUT2D eigenvalue weighted by molar-refractivity contribution is -0.125. The van der Waals surface area contributed by atoms with E-state index in [0.717, 1.165) is 5.56 Å². The van der Waals surface area contributed by atoms with E-state index in [4.69, 9.17) is 5.73 Å². The Balaban J connectivity index is 3.20. The second-order valence-corrected chi connectivity index (χ2v) is 5.47. The summed E-state index contributed by atoms with van der Waals surface area (Å²) < 4.78 is 14.8. The van der Waals surface area contributed by atoms with Crippen molar-refractivity contribution in [1.82, 2.24) is 0 Å². The van der Waals surface area contributed by atoms with Gasteiger partial charge in [0.1, 0.15) is 5.54 Å². The van der Waals surface area contributed by atoms with Crippen LogP contribution >= 0.6 is 0 Å². The first kappa shape index (κ1) is 15.5. The number of hydrogen-bond acceptors (Lipinski definition) is 2. The van der Waals surface area contributed by atoms with Gasteiger partial charge in [-0.05, 0) is 43.4 Å². The average molecular weight is 266 g/mol. The summed E-state index contributed by atoms with van der Waals surface area (Å²) in [6, 6.07) is 7.03. The zero-order valence-electron chi connectivity index (χ0n) is 12.1.